The van der Waals surface area contributed by atoms with Crippen molar-refractivity contribution in [2.45, 2.75) is 25.7 Å². The summed E-state index contributed by atoms with van der Waals surface area (Å²) in [6.07, 6.45) is 0.502. The van der Waals surface area contributed by atoms with E-state index in [9.17, 15) is 19.2 Å². The van der Waals surface area contributed by atoms with E-state index in [-0.39, 0.29) is 31.6 Å². The van der Waals surface area contributed by atoms with Gasteiger partial charge < -0.3 is 34.8 Å². The molecule has 0 radical (unpaired) electrons. The average Bonchev–Trinajstić information content (AvgIpc) is 3.13. The predicted octanol–water partition coefficient (Wildman–Crippen LogP) is -0.103. The maximum absolute atomic E-state index is 11.7. The molecule has 0 aromatic heterocycles. The van der Waals surface area contributed by atoms with E-state index >= 15 is 0 Å². The Morgan fingerprint density at radius 2 is 1.32 bits per heavy atom. The fraction of sp³-hybridized carbons (Fsp3) is 0.800. The van der Waals surface area contributed by atoms with Crippen LogP contribution >= 0.6 is 21.6 Å². The molecule has 0 aromatic rings. The maximum atomic E-state index is 11.7. The van der Waals surface area contributed by atoms with Crippen LogP contribution in [-0.2, 0) is 43.0 Å². The van der Waals surface area contributed by atoms with Gasteiger partial charge in [0.25, 0.3) is 11.8 Å². The molecule has 3 N–H and O–H groups in total. The van der Waals surface area contributed by atoms with Crippen molar-refractivity contribution in [3.05, 3.63) is 0 Å². The molecule has 0 aliphatic carbocycles. The first-order valence-electron chi connectivity index (χ1n) is 11.1. The molecule has 1 rings (SSSR count). The fourth-order valence-corrected chi connectivity index (χ4v) is 4.26. The standard InChI is InChI=1S/C20H35N3O9S2/c21-5-8-29-10-12-31-14-13-30-11-9-28-7-3-17(24)22-6-16-34-33-15-4-20(27)32-23-18(25)1-2-19(23)26/h1-16,21H2,(H,22,24). The molecule has 1 aliphatic rings. The van der Waals surface area contributed by atoms with Gasteiger partial charge in [-0.25, -0.2) is 4.79 Å². The second kappa shape index (κ2) is 20.9. The molecular formula is C20H35N3O9S2. The summed E-state index contributed by atoms with van der Waals surface area (Å²) in [5, 5.41) is 3.34. The van der Waals surface area contributed by atoms with Crippen molar-refractivity contribution in [3.63, 3.8) is 0 Å². The zero-order chi connectivity index (χ0) is 24.9. The van der Waals surface area contributed by atoms with E-state index in [4.69, 9.17) is 29.5 Å². The summed E-state index contributed by atoms with van der Waals surface area (Å²) >= 11 is 0. The van der Waals surface area contributed by atoms with Crippen molar-refractivity contribution in [2.24, 2.45) is 5.73 Å². The van der Waals surface area contributed by atoms with Crippen LogP contribution in [0.1, 0.15) is 25.7 Å². The minimum Gasteiger partial charge on any atom is -0.379 e. The Balaban J connectivity index is 1.80. The molecule has 3 amide bonds. The molecule has 0 aromatic carbocycles. The molecule has 0 saturated carbocycles. The third kappa shape index (κ3) is 16.2. The highest BCUT2D eigenvalue weighted by Gasteiger charge is 2.32. The van der Waals surface area contributed by atoms with E-state index in [1.165, 1.54) is 21.6 Å². The zero-order valence-corrected chi connectivity index (χ0v) is 21.0. The van der Waals surface area contributed by atoms with Crippen LogP contribution in [0.25, 0.3) is 0 Å². The number of ether oxygens (including phenoxy) is 4. The predicted molar refractivity (Wildman–Crippen MR) is 127 cm³/mol. The minimum atomic E-state index is -0.618. The van der Waals surface area contributed by atoms with E-state index in [2.05, 4.69) is 5.32 Å². The lowest BCUT2D eigenvalue weighted by atomic mass is 10.4. The molecular weight excluding hydrogens is 490 g/mol. The second-order valence-electron chi connectivity index (χ2n) is 6.78. The number of hydrogen-bond donors (Lipinski definition) is 2. The number of rotatable bonds is 22. The normalized spacial score (nSPS) is 13.5. The van der Waals surface area contributed by atoms with Crippen LogP contribution in [0.15, 0.2) is 0 Å². The third-order valence-electron chi connectivity index (χ3n) is 4.03. The number of amides is 3. The monoisotopic (exact) mass is 525 g/mol. The molecule has 0 unspecified atom stereocenters. The van der Waals surface area contributed by atoms with Gasteiger partial charge in [-0.1, -0.05) is 21.6 Å². The van der Waals surface area contributed by atoms with Crippen LogP contribution in [0.2, 0.25) is 0 Å². The van der Waals surface area contributed by atoms with Crippen molar-refractivity contribution in [1.82, 2.24) is 10.4 Å². The highest BCUT2D eigenvalue weighted by atomic mass is 33.1. The number of nitrogens with zero attached hydrogens (tertiary/aromatic N) is 1. The second-order valence-corrected chi connectivity index (χ2v) is 9.48. The molecule has 0 spiro atoms. The SMILES string of the molecule is NCCOCCOCCOCCOCCC(=O)NCCSSCCC(=O)ON1C(=O)CCC1=O. The van der Waals surface area contributed by atoms with Gasteiger partial charge in [0.15, 0.2) is 0 Å². The van der Waals surface area contributed by atoms with Crippen LogP contribution in [0.3, 0.4) is 0 Å². The number of hydroxylamine groups is 2. The largest absolute Gasteiger partial charge is 0.379 e. The Hall–Kier alpha value is -1.42. The summed E-state index contributed by atoms with van der Waals surface area (Å²) in [7, 11) is 2.95. The summed E-state index contributed by atoms with van der Waals surface area (Å²) in [5.41, 5.74) is 5.30. The van der Waals surface area contributed by atoms with Crippen LogP contribution in [0.5, 0.6) is 0 Å². The van der Waals surface area contributed by atoms with Crippen molar-refractivity contribution in [2.75, 3.05) is 77.5 Å². The molecule has 0 bridgehead atoms. The van der Waals surface area contributed by atoms with E-state index in [1.807, 2.05) is 0 Å². The lowest BCUT2D eigenvalue weighted by Crippen LogP contribution is -2.32. The van der Waals surface area contributed by atoms with Crippen molar-refractivity contribution >= 4 is 45.3 Å². The Labute approximate surface area is 207 Å². The lowest BCUT2D eigenvalue weighted by Gasteiger charge is -2.12. The van der Waals surface area contributed by atoms with Gasteiger partial charge in [0.1, 0.15) is 0 Å². The van der Waals surface area contributed by atoms with Gasteiger partial charge in [-0.05, 0) is 0 Å². The van der Waals surface area contributed by atoms with Crippen LogP contribution in [0.4, 0.5) is 0 Å². The highest BCUT2D eigenvalue weighted by Crippen LogP contribution is 2.21. The molecule has 14 heteroatoms. The quantitative estimate of drug-likeness (QED) is 0.110. The number of carbonyl (C=O) groups is 4. The van der Waals surface area contributed by atoms with Crippen molar-refractivity contribution < 1.29 is 43.0 Å². The van der Waals surface area contributed by atoms with Gasteiger partial charge in [-0.15, -0.1) is 5.06 Å². The molecule has 1 saturated heterocycles. The van der Waals surface area contributed by atoms with Gasteiger partial charge >= 0.3 is 5.97 Å². The van der Waals surface area contributed by atoms with E-state index in [1.54, 1.807) is 0 Å². The van der Waals surface area contributed by atoms with Gasteiger partial charge in [0.05, 0.1) is 59.3 Å². The minimum absolute atomic E-state index is 0.0758. The summed E-state index contributed by atoms with van der Waals surface area (Å²) in [6, 6.07) is 0. The molecule has 1 heterocycles. The Bertz CT molecular complexity index is 598. The molecule has 196 valence electrons. The van der Waals surface area contributed by atoms with E-state index < -0.39 is 17.8 Å². The fourth-order valence-electron chi connectivity index (χ4n) is 2.38. The summed E-state index contributed by atoms with van der Waals surface area (Å²) < 4.78 is 21.2. The number of hydrogen-bond acceptors (Lipinski definition) is 12. The molecule has 1 aliphatic heterocycles. The lowest BCUT2D eigenvalue weighted by molar-refractivity contribution is -0.197. The first-order chi connectivity index (χ1) is 16.5. The van der Waals surface area contributed by atoms with Gasteiger partial charge in [0.2, 0.25) is 5.91 Å². The first-order valence-corrected chi connectivity index (χ1v) is 13.6. The summed E-state index contributed by atoms with van der Waals surface area (Å²) in [4.78, 5) is 50.9. The molecule has 1 fully saturated rings. The number of nitrogens with two attached hydrogens (primary N) is 1. The maximum Gasteiger partial charge on any atom is 0.334 e. The molecule has 0 atom stereocenters. The molecule has 34 heavy (non-hydrogen) atoms. The van der Waals surface area contributed by atoms with Gasteiger partial charge in [-0.2, -0.15) is 0 Å². The van der Waals surface area contributed by atoms with Gasteiger partial charge in [0, 0.05) is 43.9 Å². The van der Waals surface area contributed by atoms with Gasteiger partial charge in [-0.3, -0.25) is 14.4 Å². The topological polar surface area (TPSA) is 156 Å². The van der Waals surface area contributed by atoms with Crippen LogP contribution in [-0.4, -0.2) is 106 Å². The number of nitrogens with one attached hydrogen (secondary N) is 1. The highest BCUT2D eigenvalue weighted by molar-refractivity contribution is 8.76. The summed E-state index contributed by atoms with van der Waals surface area (Å²) in [5.74, 6) is -0.550. The first kappa shape index (κ1) is 30.6. The summed E-state index contributed by atoms with van der Waals surface area (Å²) in [6.45, 7) is 4.65. The van der Waals surface area contributed by atoms with Crippen molar-refractivity contribution in [3.8, 4) is 0 Å². The number of imide groups is 1. The van der Waals surface area contributed by atoms with E-state index in [0.29, 0.717) is 82.5 Å². The van der Waals surface area contributed by atoms with Crippen LogP contribution in [0, 0.1) is 0 Å². The average molecular weight is 526 g/mol. The zero-order valence-electron chi connectivity index (χ0n) is 19.3. The Morgan fingerprint density at radius 3 is 1.91 bits per heavy atom. The van der Waals surface area contributed by atoms with Crippen LogP contribution < -0.4 is 11.1 Å². The Morgan fingerprint density at radius 1 is 0.794 bits per heavy atom. The smallest absolute Gasteiger partial charge is 0.334 e. The number of carbonyl (C=O) groups excluding carboxylic acids is 4. The molecule has 12 nitrogen and oxygen atoms in total. The van der Waals surface area contributed by atoms with E-state index in [0.717, 1.165) is 0 Å². The van der Waals surface area contributed by atoms with Crippen molar-refractivity contribution in [1.29, 1.82) is 0 Å². The Kier molecular flexibility index (Phi) is 18.8. The third-order valence-corrected chi connectivity index (χ3v) is 6.44.